The molecule has 1 unspecified atom stereocenters. The first-order valence-corrected chi connectivity index (χ1v) is 11.4. The van der Waals surface area contributed by atoms with Crippen LogP contribution in [0, 0.1) is 5.41 Å². The summed E-state index contributed by atoms with van der Waals surface area (Å²) in [5.41, 5.74) is 1.02. The second kappa shape index (κ2) is 9.17. The number of nitrogens with zero attached hydrogens (tertiary/aromatic N) is 2. The Balaban J connectivity index is 0.00000261. The van der Waals surface area contributed by atoms with E-state index in [2.05, 4.69) is 26.6 Å². The highest BCUT2D eigenvalue weighted by molar-refractivity contribution is 14.0. The van der Waals surface area contributed by atoms with E-state index in [1.54, 1.807) is 7.05 Å². The smallest absolute Gasteiger partial charge is 0.191 e. The summed E-state index contributed by atoms with van der Waals surface area (Å²) in [6.07, 6.45) is 4.23. The van der Waals surface area contributed by atoms with Crippen LogP contribution in [0.4, 0.5) is 5.69 Å². The van der Waals surface area contributed by atoms with Gasteiger partial charge in [0.2, 0.25) is 0 Å². The standard InChI is InChI=1S/C18H27ClN4O2S.HI/c1-20-17(21-12-18(7-8-18)13-26(2,24)25)22-15-6-9-23(11-15)16-5-3-4-14(19)10-16;/h3-5,10,15H,6-9,11-13H2,1-2H3,(H2,20,21,22);1H. The molecule has 2 N–H and O–H groups in total. The Kier molecular flexibility index (Phi) is 7.66. The van der Waals surface area contributed by atoms with Gasteiger partial charge in [-0.1, -0.05) is 17.7 Å². The van der Waals surface area contributed by atoms with Crippen molar-refractivity contribution in [3.05, 3.63) is 29.3 Å². The SMILES string of the molecule is CN=C(NCC1(CS(C)(=O)=O)CC1)NC1CCN(c2cccc(Cl)c2)C1.I. The monoisotopic (exact) mass is 526 g/mol. The van der Waals surface area contributed by atoms with Gasteiger partial charge in [-0.25, -0.2) is 8.42 Å². The average molecular weight is 527 g/mol. The third-order valence-corrected chi connectivity index (χ3v) is 6.45. The fourth-order valence-corrected chi connectivity index (χ4v) is 5.24. The van der Waals surface area contributed by atoms with Gasteiger partial charge in [-0.15, -0.1) is 24.0 Å². The molecular weight excluding hydrogens is 499 g/mol. The van der Waals surface area contributed by atoms with Crippen LogP contribution in [0.1, 0.15) is 19.3 Å². The predicted octanol–water partition coefficient (Wildman–Crippen LogP) is 2.53. The van der Waals surface area contributed by atoms with Gasteiger partial charge in [0.25, 0.3) is 0 Å². The van der Waals surface area contributed by atoms with E-state index >= 15 is 0 Å². The van der Waals surface area contributed by atoms with Crippen molar-refractivity contribution >= 4 is 57.1 Å². The minimum Gasteiger partial charge on any atom is -0.369 e. The molecule has 1 saturated carbocycles. The van der Waals surface area contributed by atoms with Crippen LogP contribution in [0.25, 0.3) is 0 Å². The number of nitrogens with one attached hydrogen (secondary N) is 2. The van der Waals surface area contributed by atoms with Gasteiger partial charge in [-0.2, -0.15) is 0 Å². The van der Waals surface area contributed by atoms with Gasteiger partial charge in [0.15, 0.2) is 5.96 Å². The van der Waals surface area contributed by atoms with Crippen molar-refractivity contribution in [3.63, 3.8) is 0 Å². The number of sulfone groups is 1. The van der Waals surface area contributed by atoms with Crippen LogP contribution in [0.3, 0.4) is 0 Å². The molecule has 1 aliphatic carbocycles. The fraction of sp³-hybridized carbons (Fsp3) is 0.611. The molecule has 2 fully saturated rings. The lowest BCUT2D eigenvalue weighted by atomic mass is 10.1. The van der Waals surface area contributed by atoms with Crippen LogP contribution in [0.5, 0.6) is 0 Å². The zero-order valence-electron chi connectivity index (χ0n) is 15.7. The number of halogens is 2. The first-order valence-electron chi connectivity index (χ1n) is 8.94. The highest BCUT2D eigenvalue weighted by atomic mass is 127. The molecule has 1 aromatic rings. The molecule has 1 atom stereocenters. The highest BCUT2D eigenvalue weighted by Gasteiger charge is 2.45. The molecule has 1 saturated heterocycles. The second-order valence-corrected chi connectivity index (χ2v) is 10.1. The zero-order valence-corrected chi connectivity index (χ0v) is 19.6. The van der Waals surface area contributed by atoms with Gasteiger partial charge in [0.1, 0.15) is 9.84 Å². The maximum Gasteiger partial charge on any atom is 0.191 e. The molecule has 152 valence electrons. The maximum absolute atomic E-state index is 11.6. The Labute approximate surface area is 184 Å². The normalized spacial score (nSPS) is 21.5. The van der Waals surface area contributed by atoms with Gasteiger partial charge < -0.3 is 15.5 Å². The van der Waals surface area contributed by atoms with E-state index in [9.17, 15) is 8.42 Å². The maximum atomic E-state index is 11.6. The molecule has 0 radical (unpaired) electrons. The summed E-state index contributed by atoms with van der Waals surface area (Å²) in [6.45, 7) is 2.49. The average Bonchev–Trinajstić information content (AvgIpc) is 3.15. The molecule has 1 aromatic carbocycles. The first-order chi connectivity index (χ1) is 12.3. The Hall–Kier alpha value is -0.740. The molecule has 3 rings (SSSR count). The van der Waals surface area contributed by atoms with E-state index in [1.807, 2.05) is 18.2 Å². The zero-order chi connectivity index (χ0) is 18.8. The predicted molar refractivity (Wildman–Crippen MR) is 123 cm³/mol. The van der Waals surface area contributed by atoms with Crippen molar-refractivity contribution in [1.29, 1.82) is 0 Å². The minimum atomic E-state index is -2.96. The molecule has 6 nitrogen and oxygen atoms in total. The van der Waals surface area contributed by atoms with Gasteiger partial charge >= 0.3 is 0 Å². The minimum absolute atomic E-state index is 0. The van der Waals surface area contributed by atoms with E-state index in [-0.39, 0.29) is 35.1 Å². The van der Waals surface area contributed by atoms with Crippen LogP contribution in [0.15, 0.2) is 29.3 Å². The summed E-state index contributed by atoms with van der Waals surface area (Å²) in [4.78, 5) is 6.60. The number of hydrogen-bond acceptors (Lipinski definition) is 4. The molecule has 0 bridgehead atoms. The molecule has 0 aromatic heterocycles. The summed E-state index contributed by atoms with van der Waals surface area (Å²) < 4.78 is 23.2. The van der Waals surface area contributed by atoms with Crippen LogP contribution in [0.2, 0.25) is 5.02 Å². The summed E-state index contributed by atoms with van der Waals surface area (Å²) >= 11 is 6.09. The van der Waals surface area contributed by atoms with Crippen LogP contribution in [-0.2, 0) is 9.84 Å². The van der Waals surface area contributed by atoms with Crippen LogP contribution >= 0.6 is 35.6 Å². The van der Waals surface area contributed by atoms with E-state index in [0.717, 1.165) is 49.0 Å². The molecule has 0 spiro atoms. The van der Waals surface area contributed by atoms with Gasteiger partial charge in [0, 0.05) is 55.1 Å². The summed E-state index contributed by atoms with van der Waals surface area (Å²) in [6, 6.07) is 8.20. The largest absolute Gasteiger partial charge is 0.369 e. The van der Waals surface area contributed by atoms with Gasteiger partial charge in [-0.3, -0.25) is 4.99 Å². The summed E-state index contributed by atoms with van der Waals surface area (Å²) in [7, 11) is -1.21. The van der Waals surface area contributed by atoms with E-state index in [0.29, 0.717) is 12.6 Å². The number of benzene rings is 1. The van der Waals surface area contributed by atoms with Crippen molar-refractivity contribution in [3.8, 4) is 0 Å². The summed E-state index contributed by atoms with van der Waals surface area (Å²) in [5.74, 6) is 0.985. The van der Waals surface area contributed by atoms with Crippen molar-refractivity contribution in [2.24, 2.45) is 10.4 Å². The lowest BCUT2D eigenvalue weighted by Gasteiger charge is -2.22. The number of anilines is 1. The third-order valence-electron chi connectivity index (χ3n) is 5.08. The van der Waals surface area contributed by atoms with Crippen molar-refractivity contribution in [2.75, 3.05) is 43.6 Å². The van der Waals surface area contributed by atoms with Crippen molar-refractivity contribution < 1.29 is 8.42 Å². The van der Waals surface area contributed by atoms with Crippen molar-refractivity contribution in [2.45, 2.75) is 25.3 Å². The topological polar surface area (TPSA) is 73.8 Å². The lowest BCUT2D eigenvalue weighted by Crippen LogP contribution is -2.46. The quantitative estimate of drug-likeness (QED) is 0.339. The van der Waals surface area contributed by atoms with Gasteiger partial charge in [0.05, 0.1) is 5.75 Å². The second-order valence-electron chi connectivity index (χ2n) is 7.55. The molecule has 2 aliphatic rings. The van der Waals surface area contributed by atoms with E-state index in [4.69, 9.17) is 11.6 Å². The first kappa shape index (κ1) is 22.5. The molecular formula is C18H28ClIN4O2S. The number of hydrogen-bond donors (Lipinski definition) is 2. The third kappa shape index (κ3) is 6.67. The molecule has 1 heterocycles. The van der Waals surface area contributed by atoms with Crippen molar-refractivity contribution in [1.82, 2.24) is 10.6 Å². The van der Waals surface area contributed by atoms with Crippen LogP contribution < -0.4 is 15.5 Å². The Morgan fingerprint density at radius 1 is 1.41 bits per heavy atom. The highest BCUT2D eigenvalue weighted by Crippen LogP contribution is 2.46. The van der Waals surface area contributed by atoms with E-state index in [1.165, 1.54) is 6.26 Å². The molecule has 27 heavy (non-hydrogen) atoms. The lowest BCUT2D eigenvalue weighted by molar-refractivity contribution is 0.525. The van der Waals surface area contributed by atoms with Crippen LogP contribution in [-0.4, -0.2) is 59.1 Å². The molecule has 9 heteroatoms. The number of aliphatic imine (C=N–C) groups is 1. The molecule has 1 aliphatic heterocycles. The Bertz CT molecular complexity index is 783. The Morgan fingerprint density at radius 2 is 2.15 bits per heavy atom. The fourth-order valence-electron chi connectivity index (χ4n) is 3.55. The number of guanidine groups is 1. The molecule has 0 amide bonds. The number of rotatable bonds is 6. The summed E-state index contributed by atoms with van der Waals surface area (Å²) in [5, 5.41) is 7.53. The van der Waals surface area contributed by atoms with E-state index < -0.39 is 9.84 Å². The van der Waals surface area contributed by atoms with Gasteiger partial charge in [-0.05, 0) is 37.5 Å². The Morgan fingerprint density at radius 3 is 2.74 bits per heavy atom.